The van der Waals surface area contributed by atoms with Crippen molar-refractivity contribution in [2.75, 3.05) is 26.4 Å². The molecule has 18 heteroatoms. The lowest BCUT2D eigenvalue weighted by molar-refractivity contribution is -0.707. The van der Waals surface area contributed by atoms with Crippen molar-refractivity contribution in [2.45, 2.75) is 339 Å². The molecule has 0 unspecified atom stereocenters. The lowest BCUT2D eigenvalue weighted by Crippen LogP contribution is -2.46. The van der Waals surface area contributed by atoms with Gasteiger partial charge in [-0.05, 0) is 109 Å². The van der Waals surface area contributed by atoms with Crippen molar-refractivity contribution in [3.8, 4) is 0 Å². The van der Waals surface area contributed by atoms with Crippen LogP contribution in [0, 0.1) is 0 Å². The molecule has 0 aliphatic heterocycles. The Bertz CT molecular complexity index is 2500. The third-order valence-electron chi connectivity index (χ3n) is 18.3. The SMILES string of the molecule is O=C(O)CCCCCCCOC(=O)CCCCCCCOC(=O)CCCCCCC[n+]1ccc2c([nH]c3ccccc32)c1C(CCCCCCCC(=O)O)(CCCCCCCC(=O)OCCCCCCCC(=O)O)CCCCCCCC(=O)OCCCCCCCC(=O)O. The van der Waals surface area contributed by atoms with Crippen LogP contribution in [-0.4, -0.2) is 99.6 Å². The number of nitrogens with zero attached hydrogens (tertiary/aromatic N) is 1. The number of fused-ring (bicyclic) bond motifs is 3. The predicted octanol–water partition coefficient (Wildman–Crippen LogP) is 18.3. The average molecular weight is 1320 g/mol. The highest BCUT2D eigenvalue weighted by Gasteiger charge is 2.41. The summed E-state index contributed by atoms with van der Waals surface area (Å²) in [4.78, 5) is 97.7. The number of aromatic nitrogens is 2. The van der Waals surface area contributed by atoms with Crippen LogP contribution in [0.3, 0.4) is 0 Å². The number of H-pyrrole nitrogens is 1. The Balaban J connectivity index is 1.63. The van der Waals surface area contributed by atoms with Gasteiger partial charge in [0.25, 0.3) is 0 Å². The number of carboxylic acid groups (broad SMARTS) is 4. The Morgan fingerprint density at radius 1 is 0.319 bits per heavy atom. The van der Waals surface area contributed by atoms with Crippen molar-refractivity contribution in [3.05, 3.63) is 42.2 Å². The Morgan fingerprint density at radius 2 is 0.596 bits per heavy atom. The minimum Gasteiger partial charge on any atom is -0.481 e. The summed E-state index contributed by atoms with van der Waals surface area (Å²) in [6, 6.07) is 10.8. The van der Waals surface area contributed by atoms with Crippen molar-refractivity contribution in [1.82, 2.24) is 4.98 Å². The minimum atomic E-state index is -0.766. The van der Waals surface area contributed by atoms with Crippen molar-refractivity contribution < 1.29 is 82.3 Å². The zero-order valence-corrected chi connectivity index (χ0v) is 57.7. The number of ether oxygens (including phenoxy) is 4. The molecule has 0 atom stereocenters. The fraction of sp³-hybridized carbons (Fsp3) is 0.750. The first-order chi connectivity index (χ1) is 45.7. The number of aliphatic carboxylic acids is 4. The minimum absolute atomic E-state index is 0.148. The molecule has 3 rings (SSSR count). The van der Waals surface area contributed by atoms with E-state index in [9.17, 15) is 43.5 Å². The second-order valence-corrected chi connectivity index (χ2v) is 26.4. The van der Waals surface area contributed by atoms with Gasteiger partial charge in [-0.25, -0.2) is 4.57 Å². The first-order valence-corrected chi connectivity index (χ1v) is 37.1. The number of aromatic amines is 1. The molecule has 2 aromatic heterocycles. The lowest BCUT2D eigenvalue weighted by atomic mass is 9.70. The first kappa shape index (κ1) is 82.2. The van der Waals surface area contributed by atoms with E-state index in [-0.39, 0.29) is 55.0 Å². The number of carboxylic acids is 4. The standard InChI is InChI=1S/C76H122N2O16/c79-66(80)45-25-9-1-17-35-54-76(55-36-18-2-13-29-49-70(87)91-59-39-21-5-10-26-46-67(81)82,56-37-19-3-14-30-50-71(88)92-60-40-22-6-11-27-47-68(83)84)75-74-64(63-43-33-34-44-65(63)77-74)53-58-78(75)57-38-20-4-15-31-51-72(89)94-62-42-24-8-16-32-52-73(90)93-61-41-23-7-12-28-48-69(85)86/h33-34,43-44,53,58H,1-32,35-42,45-52,54-57,59-62H2,(H4,79,80,81,82,83,84,85,86)/p+1. The normalized spacial score (nSPS) is 11.5. The molecule has 18 nitrogen and oxygen atoms in total. The van der Waals surface area contributed by atoms with Gasteiger partial charge in [0.05, 0.1) is 31.8 Å². The van der Waals surface area contributed by atoms with Crippen LogP contribution in [0.1, 0.15) is 333 Å². The molecule has 3 aromatic rings. The molecule has 0 amide bonds. The number of carbonyl (C=O) groups is 8. The van der Waals surface area contributed by atoms with Crippen LogP contribution in [0.15, 0.2) is 36.5 Å². The topological polar surface area (TPSA) is 274 Å². The number of carbonyl (C=O) groups excluding carboxylic acids is 4. The van der Waals surface area contributed by atoms with Crippen LogP contribution < -0.4 is 4.57 Å². The van der Waals surface area contributed by atoms with Gasteiger partial charge in [0.1, 0.15) is 12.1 Å². The maximum Gasteiger partial charge on any atom is 0.305 e. The summed E-state index contributed by atoms with van der Waals surface area (Å²) in [7, 11) is 0. The smallest absolute Gasteiger partial charge is 0.305 e. The third kappa shape index (κ3) is 41.0. The maximum atomic E-state index is 12.7. The van der Waals surface area contributed by atoms with E-state index < -0.39 is 23.9 Å². The highest BCUT2D eigenvalue weighted by molar-refractivity contribution is 6.07. The first-order valence-electron chi connectivity index (χ1n) is 37.1. The van der Waals surface area contributed by atoms with Crippen LogP contribution in [0.25, 0.3) is 21.8 Å². The Kier molecular flexibility index (Phi) is 47.3. The Labute approximate surface area is 562 Å². The third-order valence-corrected chi connectivity index (χ3v) is 18.3. The molecule has 1 aromatic carbocycles. The molecule has 0 bridgehead atoms. The number of benzene rings is 1. The van der Waals surface area contributed by atoms with Crippen molar-refractivity contribution >= 4 is 69.6 Å². The summed E-state index contributed by atoms with van der Waals surface area (Å²) in [5, 5.41) is 38.3. The number of esters is 4. The monoisotopic (exact) mass is 1320 g/mol. The summed E-state index contributed by atoms with van der Waals surface area (Å²) in [5.41, 5.74) is 3.50. The molecule has 0 radical (unpaired) electrons. The summed E-state index contributed by atoms with van der Waals surface area (Å²) in [6.07, 6.45) is 43.7. The Hall–Kier alpha value is -6.07. The number of hydrogen-bond acceptors (Lipinski definition) is 12. The second-order valence-electron chi connectivity index (χ2n) is 26.4. The van der Waals surface area contributed by atoms with Gasteiger partial charge >= 0.3 is 47.8 Å². The molecule has 0 aliphatic rings. The van der Waals surface area contributed by atoms with Crippen molar-refractivity contribution in [2.24, 2.45) is 0 Å². The van der Waals surface area contributed by atoms with Gasteiger partial charge in [-0.3, -0.25) is 38.4 Å². The summed E-state index contributed by atoms with van der Waals surface area (Å²) in [5.74, 6) is -3.67. The number of unbranched alkanes of at least 4 members (excludes halogenated alkanes) is 32. The lowest BCUT2D eigenvalue weighted by Gasteiger charge is -2.33. The number of aryl methyl sites for hydroxylation is 1. The zero-order valence-electron chi connectivity index (χ0n) is 57.7. The van der Waals surface area contributed by atoms with E-state index in [2.05, 4.69) is 46.1 Å². The van der Waals surface area contributed by atoms with Crippen LogP contribution in [-0.2, 0) is 69.3 Å². The van der Waals surface area contributed by atoms with E-state index in [4.69, 9.17) is 34.3 Å². The highest BCUT2D eigenvalue weighted by atomic mass is 16.5. The molecular formula is C76H123N2O16+. The van der Waals surface area contributed by atoms with Crippen molar-refractivity contribution in [1.29, 1.82) is 0 Å². The summed E-state index contributed by atoms with van der Waals surface area (Å²) >= 11 is 0. The van der Waals surface area contributed by atoms with Gasteiger partial charge in [0, 0.05) is 80.1 Å². The average Bonchev–Trinajstić information content (AvgIpc) is 1.52. The van der Waals surface area contributed by atoms with Crippen molar-refractivity contribution in [3.63, 3.8) is 0 Å². The Morgan fingerprint density at radius 3 is 0.926 bits per heavy atom. The van der Waals surface area contributed by atoms with E-state index in [1.54, 1.807) is 0 Å². The van der Waals surface area contributed by atoms with Gasteiger partial charge in [0.15, 0.2) is 6.20 Å². The molecule has 94 heavy (non-hydrogen) atoms. The molecule has 532 valence electrons. The molecular weight excluding hydrogens is 1200 g/mol. The molecule has 2 heterocycles. The van der Waals surface area contributed by atoms with E-state index in [1.807, 2.05) is 0 Å². The van der Waals surface area contributed by atoms with E-state index in [0.717, 1.165) is 262 Å². The van der Waals surface area contributed by atoms with Gasteiger partial charge in [0.2, 0.25) is 5.69 Å². The second kappa shape index (κ2) is 54.1. The van der Waals surface area contributed by atoms with Gasteiger partial charge in [-0.2, -0.15) is 0 Å². The predicted molar refractivity (Wildman–Crippen MR) is 368 cm³/mol. The summed E-state index contributed by atoms with van der Waals surface area (Å²) < 4.78 is 24.6. The van der Waals surface area contributed by atoms with Crippen LogP contribution in [0.4, 0.5) is 0 Å². The summed E-state index contributed by atoms with van der Waals surface area (Å²) in [6.45, 7) is 2.48. The van der Waals surface area contributed by atoms with Crippen LogP contribution in [0.2, 0.25) is 0 Å². The molecule has 0 aliphatic carbocycles. The van der Waals surface area contributed by atoms with Crippen LogP contribution in [0.5, 0.6) is 0 Å². The van der Waals surface area contributed by atoms with E-state index in [1.165, 1.54) is 22.0 Å². The quantitative estimate of drug-likeness (QED) is 0.0152. The van der Waals surface area contributed by atoms with E-state index in [0.29, 0.717) is 77.8 Å². The van der Waals surface area contributed by atoms with Gasteiger partial charge < -0.3 is 44.4 Å². The number of hydrogen-bond donors (Lipinski definition) is 5. The molecule has 0 saturated carbocycles. The number of rotatable bonds is 65. The number of para-hydroxylation sites is 1. The maximum absolute atomic E-state index is 12.7. The fourth-order valence-electron chi connectivity index (χ4n) is 12.9. The zero-order chi connectivity index (χ0) is 68.0. The molecule has 5 N–H and O–H groups in total. The highest BCUT2D eigenvalue weighted by Crippen LogP contribution is 2.43. The molecule has 0 fully saturated rings. The number of pyridine rings is 1. The molecule has 0 saturated heterocycles. The molecule has 0 spiro atoms. The fourth-order valence-corrected chi connectivity index (χ4v) is 12.9. The van der Waals surface area contributed by atoms with Crippen LogP contribution >= 0.6 is 0 Å². The van der Waals surface area contributed by atoms with Gasteiger partial charge in [-0.1, -0.05) is 185 Å². The van der Waals surface area contributed by atoms with Gasteiger partial charge in [-0.15, -0.1) is 0 Å². The number of nitrogens with one attached hydrogen (secondary N) is 1. The largest absolute Gasteiger partial charge is 0.481 e. The van der Waals surface area contributed by atoms with E-state index >= 15 is 0 Å².